The Balaban J connectivity index is 1.81. The number of carbonyl (C=O) groups is 1. The van der Waals surface area contributed by atoms with Crippen LogP contribution in [0.5, 0.6) is 17.2 Å². The minimum absolute atomic E-state index is 0.0946. The highest BCUT2D eigenvalue weighted by atomic mass is 16.6. The normalized spacial score (nSPS) is 13.1. The third kappa shape index (κ3) is 2.96. The van der Waals surface area contributed by atoms with Crippen molar-refractivity contribution in [3.8, 4) is 17.2 Å². The molecule has 2 aromatic carbocycles. The highest BCUT2D eigenvalue weighted by molar-refractivity contribution is 6.07. The monoisotopic (exact) mass is 296 g/mol. The molecule has 0 aliphatic carbocycles. The van der Waals surface area contributed by atoms with Crippen LogP contribution < -0.4 is 14.2 Å². The number of rotatable bonds is 4. The smallest absolute Gasteiger partial charge is 0.185 e. The summed E-state index contributed by atoms with van der Waals surface area (Å²) in [6.45, 7) is 1.04. The van der Waals surface area contributed by atoms with Gasteiger partial charge < -0.3 is 14.2 Å². The summed E-state index contributed by atoms with van der Waals surface area (Å²) in [6.07, 6.45) is 3.28. The van der Waals surface area contributed by atoms with E-state index in [2.05, 4.69) is 0 Å². The fourth-order valence-electron chi connectivity index (χ4n) is 2.26. The van der Waals surface area contributed by atoms with Gasteiger partial charge in [-0.05, 0) is 36.4 Å². The number of fused-ring (bicyclic) bond motifs is 1. The Kier molecular flexibility index (Phi) is 4.10. The van der Waals surface area contributed by atoms with E-state index in [-0.39, 0.29) is 5.78 Å². The van der Waals surface area contributed by atoms with Gasteiger partial charge in [0.05, 0.1) is 7.11 Å². The number of para-hydroxylation sites is 1. The van der Waals surface area contributed by atoms with Crippen LogP contribution in [0, 0.1) is 0 Å². The second-order valence-electron chi connectivity index (χ2n) is 4.80. The maximum absolute atomic E-state index is 12.3. The van der Waals surface area contributed by atoms with Gasteiger partial charge in [0.1, 0.15) is 19.0 Å². The molecular formula is C18H16O4. The maximum atomic E-state index is 12.3. The van der Waals surface area contributed by atoms with Crippen molar-refractivity contribution in [1.82, 2.24) is 0 Å². The molecule has 0 saturated carbocycles. The van der Waals surface area contributed by atoms with E-state index in [0.29, 0.717) is 30.3 Å². The van der Waals surface area contributed by atoms with Gasteiger partial charge in [-0.25, -0.2) is 0 Å². The highest BCUT2D eigenvalue weighted by Crippen LogP contribution is 2.31. The van der Waals surface area contributed by atoms with E-state index in [9.17, 15) is 4.79 Å². The summed E-state index contributed by atoms with van der Waals surface area (Å²) < 4.78 is 16.2. The number of hydrogen-bond acceptors (Lipinski definition) is 4. The summed E-state index contributed by atoms with van der Waals surface area (Å²) >= 11 is 0. The van der Waals surface area contributed by atoms with Gasteiger partial charge in [-0.15, -0.1) is 0 Å². The molecule has 0 spiro atoms. The summed E-state index contributed by atoms with van der Waals surface area (Å²) in [5.74, 6) is 1.93. The van der Waals surface area contributed by atoms with Gasteiger partial charge in [-0.3, -0.25) is 4.79 Å². The zero-order valence-corrected chi connectivity index (χ0v) is 12.2. The van der Waals surface area contributed by atoms with Crippen LogP contribution in [0.15, 0.2) is 48.5 Å². The molecule has 0 N–H and O–H groups in total. The standard InChI is InChI=1S/C18H16O4/c1-20-16-5-3-2-4-13(16)6-8-15(19)14-7-9-17-18(12-14)22-11-10-21-17/h2-9,12H,10-11H2,1H3. The summed E-state index contributed by atoms with van der Waals surface area (Å²) in [7, 11) is 1.61. The summed E-state index contributed by atoms with van der Waals surface area (Å²) in [5.41, 5.74) is 1.42. The number of hydrogen-bond donors (Lipinski definition) is 0. The van der Waals surface area contributed by atoms with Crippen LogP contribution >= 0.6 is 0 Å². The average Bonchev–Trinajstić information content (AvgIpc) is 2.59. The first-order chi connectivity index (χ1) is 10.8. The van der Waals surface area contributed by atoms with Crippen molar-refractivity contribution in [1.29, 1.82) is 0 Å². The van der Waals surface area contributed by atoms with Crippen molar-refractivity contribution >= 4 is 11.9 Å². The second-order valence-corrected chi connectivity index (χ2v) is 4.80. The molecule has 0 aromatic heterocycles. The first kappa shape index (κ1) is 14.2. The predicted octanol–water partition coefficient (Wildman–Crippen LogP) is 3.36. The molecular weight excluding hydrogens is 280 g/mol. The van der Waals surface area contributed by atoms with Crippen LogP contribution in [0.3, 0.4) is 0 Å². The van der Waals surface area contributed by atoms with Crippen molar-refractivity contribution < 1.29 is 19.0 Å². The van der Waals surface area contributed by atoms with E-state index >= 15 is 0 Å². The highest BCUT2D eigenvalue weighted by Gasteiger charge is 2.13. The van der Waals surface area contributed by atoms with Crippen LogP contribution in [0.2, 0.25) is 0 Å². The minimum Gasteiger partial charge on any atom is -0.496 e. The molecule has 4 heteroatoms. The third-order valence-corrected chi connectivity index (χ3v) is 3.38. The summed E-state index contributed by atoms with van der Waals surface area (Å²) in [5, 5.41) is 0. The van der Waals surface area contributed by atoms with Gasteiger partial charge in [-0.1, -0.05) is 18.2 Å². The summed E-state index contributed by atoms with van der Waals surface area (Å²) in [4.78, 5) is 12.3. The number of ketones is 1. The van der Waals surface area contributed by atoms with E-state index in [1.165, 1.54) is 6.08 Å². The number of carbonyl (C=O) groups excluding carboxylic acids is 1. The van der Waals surface area contributed by atoms with Crippen molar-refractivity contribution in [2.24, 2.45) is 0 Å². The molecule has 1 heterocycles. The molecule has 0 bridgehead atoms. The van der Waals surface area contributed by atoms with E-state index in [1.54, 1.807) is 31.4 Å². The summed E-state index contributed by atoms with van der Waals surface area (Å²) in [6, 6.07) is 12.8. The molecule has 0 fully saturated rings. The van der Waals surface area contributed by atoms with Gasteiger partial charge in [0, 0.05) is 11.1 Å². The molecule has 2 aromatic rings. The van der Waals surface area contributed by atoms with Crippen LogP contribution in [0.1, 0.15) is 15.9 Å². The van der Waals surface area contributed by atoms with Crippen molar-refractivity contribution in [3.63, 3.8) is 0 Å². The molecule has 0 atom stereocenters. The zero-order chi connectivity index (χ0) is 15.4. The van der Waals surface area contributed by atoms with E-state index < -0.39 is 0 Å². The number of ether oxygens (including phenoxy) is 3. The fraction of sp³-hybridized carbons (Fsp3) is 0.167. The van der Waals surface area contributed by atoms with E-state index in [4.69, 9.17) is 14.2 Å². The lowest BCUT2D eigenvalue weighted by Crippen LogP contribution is -2.15. The molecule has 1 aliphatic heterocycles. The van der Waals surface area contributed by atoms with Crippen molar-refractivity contribution in [2.75, 3.05) is 20.3 Å². The number of benzene rings is 2. The lowest BCUT2D eigenvalue weighted by Gasteiger charge is -2.18. The van der Waals surface area contributed by atoms with Gasteiger partial charge in [0.2, 0.25) is 0 Å². The van der Waals surface area contributed by atoms with E-state index in [1.807, 2.05) is 24.3 Å². The minimum atomic E-state index is -0.0946. The van der Waals surface area contributed by atoms with Crippen LogP contribution in [0.25, 0.3) is 6.08 Å². The fourth-order valence-corrected chi connectivity index (χ4v) is 2.26. The molecule has 22 heavy (non-hydrogen) atoms. The third-order valence-electron chi connectivity index (χ3n) is 3.38. The molecule has 0 saturated heterocycles. The average molecular weight is 296 g/mol. The Labute approximate surface area is 128 Å². The molecule has 0 amide bonds. The van der Waals surface area contributed by atoms with Gasteiger partial charge in [0.25, 0.3) is 0 Å². The Morgan fingerprint density at radius 1 is 1.09 bits per heavy atom. The Morgan fingerprint density at radius 3 is 2.68 bits per heavy atom. The first-order valence-corrected chi connectivity index (χ1v) is 7.03. The van der Waals surface area contributed by atoms with E-state index in [0.717, 1.165) is 11.3 Å². The van der Waals surface area contributed by atoms with Crippen LogP contribution in [0.4, 0.5) is 0 Å². The van der Waals surface area contributed by atoms with Gasteiger partial charge in [0.15, 0.2) is 17.3 Å². The van der Waals surface area contributed by atoms with Crippen molar-refractivity contribution in [2.45, 2.75) is 0 Å². The molecule has 0 unspecified atom stereocenters. The van der Waals surface area contributed by atoms with Crippen LogP contribution in [-0.4, -0.2) is 26.1 Å². The maximum Gasteiger partial charge on any atom is 0.185 e. The number of methoxy groups -OCH3 is 1. The second kappa shape index (κ2) is 6.35. The van der Waals surface area contributed by atoms with Gasteiger partial charge >= 0.3 is 0 Å². The van der Waals surface area contributed by atoms with Crippen LogP contribution in [-0.2, 0) is 0 Å². The Morgan fingerprint density at radius 2 is 1.86 bits per heavy atom. The molecule has 3 rings (SSSR count). The quantitative estimate of drug-likeness (QED) is 0.641. The lowest BCUT2D eigenvalue weighted by atomic mass is 10.1. The molecule has 112 valence electrons. The zero-order valence-electron chi connectivity index (χ0n) is 12.2. The Hall–Kier alpha value is -2.75. The van der Waals surface area contributed by atoms with Gasteiger partial charge in [-0.2, -0.15) is 0 Å². The SMILES string of the molecule is COc1ccccc1C=CC(=O)c1ccc2c(c1)OCCO2. The molecule has 4 nitrogen and oxygen atoms in total. The number of allylic oxidation sites excluding steroid dienone is 1. The lowest BCUT2D eigenvalue weighted by molar-refractivity contribution is 0.104. The van der Waals surface area contributed by atoms with Crippen molar-refractivity contribution in [3.05, 3.63) is 59.7 Å². The largest absolute Gasteiger partial charge is 0.496 e. The molecule has 1 aliphatic rings. The first-order valence-electron chi connectivity index (χ1n) is 7.03. The Bertz CT molecular complexity index is 719. The predicted molar refractivity (Wildman–Crippen MR) is 83.8 cm³/mol. The topological polar surface area (TPSA) is 44.8 Å². The molecule has 0 radical (unpaired) electrons.